The molecule has 1 aromatic heterocycles. The summed E-state index contributed by atoms with van der Waals surface area (Å²) in [4.78, 5) is 4.04. The Kier molecular flexibility index (Phi) is 4.21. The lowest BCUT2D eigenvalue weighted by molar-refractivity contribution is 0.186. The van der Waals surface area contributed by atoms with Crippen LogP contribution in [0.15, 0.2) is 12.1 Å². The van der Waals surface area contributed by atoms with Crippen LogP contribution in [0.1, 0.15) is 27.2 Å². The minimum Gasteiger partial charge on any atom is -0.475 e. The zero-order valence-electron chi connectivity index (χ0n) is 9.33. The van der Waals surface area contributed by atoms with Crippen molar-refractivity contribution in [2.45, 2.75) is 33.3 Å². The molecule has 0 fully saturated rings. The van der Waals surface area contributed by atoms with E-state index in [1.54, 1.807) is 12.1 Å². The molecular formula is C11H17ClN2O. The molecule has 1 atom stereocenters. The van der Waals surface area contributed by atoms with E-state index < -0.39 is 0 Å². The van der Waals surface area contributed by atoms with Crippen molar-refractivity contribution in [2.75, 3.05) is 5.73 Å². The summed E-state index contributed by atoms with van der Waals surface area (Å²) in [6.07, 6.45) is 1.10. The van der Waals surface area contributed by atoms with Crippen LogP contribution in [0.4, 0.5) is 5.69 Å². The summed E-state index contributed by atoms with van der Waals surface area (Å²) in [6.45, 7) is 6.32. The minimum absolute atomic E-state index is 0.121. The first-order chi connectivity index (χ1) is 6.97. The lowest BCUT2D eigenvalue weighted by Gasteiger charge is -2.16. The third-order valence-corrected chi connectivity index (χ3v) is 2.11. The maximum Gasteiger partial charge on any atom is 0.216 e. The van der Waals surface area contributed by atoms with Gasteiger partial charge in [0.1, 0.15) is 5.15 Å². The Hall–Kier alpha value is -0.960. The van der Waals surface area contributed by atoms with E-state index in [1.807, 2.05) is 6.92 Å². The maximum absolute atomic E-state index is 5.77. The Morgan fingerprint density at radius 2 is 2.07 bits per heavy atom. The van der Waals surface area contributed by atoms with Crippen molar-refractivity contribution >= 4 is 17.3 Å². The summed E-state index contributed by atoms with van der Waals surface area (Å²) in [5, 5.41) is 0.363. The Bertz CT molecular complexity index is 308. The minimum atomic E-state index is 0.121. The molecule has 0 spiro atoms. The van der Waals surface area contributed by atoms with E-state index in [2.05, 4.69) is 18.8 Å². The molecule has 0 aliphatic heterocycles. The number of pyridine rings is 1. The molecule has 1 rings (SSSR count). The van der Waals surface area contributed by atoms with Gasteiger partial charge in [-0.3, -0.25) is 0 Å². The molecule has 1 heterocycles. The van der Waals surface area contributed by atoms with Crippen LogP contribution >= 0.6 is 11.6 Å². The molecule has 0 radical (unpaired) electrons. The first-order valence-corrected chi connectivity index (χ1v) is 5.45. The zero-order chi connectivity index (χ0) is 11.4. The number of nitrogen functional groups attached to an aromatic ring is 1. The third kappa shape index (κ3) is 4.38. The number of hydrogen-bond acceptors (Lipinski definition) is 3. The van der Waals surface area contributed by atoms with E-state index in [0.717, 1.165) is 6.42 Å². The number of rotatable bonds is 4. The second-order valence-corrected chi connectivity index (χ2v) is 4.51. The van der Waals surface area contributed by atoms with Crippen LogP contribution in [0.25, 0.3) is 0 Å². The number of ether oxygens (including phenoxy) is 1. The molecule has 1 aromatic rings. The zero-order valence-corrected chi connectivity index (χ0v) is 10.1. The monoisotopic (exact) mass is 228 g/mol. The summed E-state index contributed by atoms with van der Waals surface area (Å²) < 4.78 is 5.61. The molecule has 0 aliphatic rings. The van der Waals surface area contributed by atoms with Gasteiger partial charge in [-0.1, -0.05) is 25.4 Å². The fourth-order valence-electron chi connectivity index (χ4n) is 1.47. The Balaban J connectivity index is 2.63. The van der Waals surface area contributed by atoms with Gasteiger partial charge in [-0.05, 0) is 25.3 Å². The molecule has 84 valence electrons. The predicted molar refractivity (Wildman–Crippen MR) is 63.2 cm³/mol. The summed E-state index contributed by atoms with van der Waals surface area (Å²) in [6, 6.07) is 3.28. The van der Waals surface area contributed by atoms with Gasteiger partial charge in [0.15, 0.2) is 0 Å². The number of nitrogens with two attached hydrogens (primary N) is 1. The average molecular weight is 229 g/mol. The van der Waals surface area contributed by atoms with Crippen LogP contribution in [0.5, 0.6) is 5.88 Å². The van der Waals surface area contributed by atoms with E-state index in [9.17, 15) is 0 Å². The van der Waals surface area contributed by atoms with E-state index in [1.165, 1.54) is 0 Å². The number of nitrogens with zero attached hydrogens (tertiary/aromatic N) is 1. The molecule has 0 aliphatic carbocycles. The summed E-state index contributed by atoms with van der Waals surface area (Å²) >= 11 is 5.77. The summed E-state index contributed by atoms with van der Waals surface area (Å²) in [5.41, 5.74) is 6.20. The fourth-order valence-corrected chi connectivity index (χ4v) is 1.68. The van der Waals surface area contributed by atoms with Crippen molar-refractivity contribution in [2.24, 2.45) is 5.92 Å². The van der Waals surface area contributed by atoms with Crippen molar-refractivity contribution in [1.29, 1.82) is 0 Å². The van der Waals surface area contributed by atoms with Gasteiger partial charge >= 0.3 is 0 Å². The highest BCUT2D eigenvalue weighted by molar-refractivity contribution is 6.29. The van der Waals surface area contributed by atoms with Gasteiger partial charge in [0.2, 0.25) is 5.88 Å². The molecule has 0 aromatic carbocycles. The van der Waals surface area contributed by atoms with Gasteiger partial charge < -0.3 is 10.5 Å². The standard InChI is InChI=1S/C11H17ClN2O/c1-7(2)4-8(3)15-11-6-9(13)5-10(12)14-11/h5-8H,4H2,1-3H3,(H2,13,14). The largest absolute Gasteiger partial charge is 0.475 e. The smallest absolute Gasteiger partial charge is 0.216 e. The highest BCUT2D eigenvalue weighted by atomic mass is 35.5. The first-order valence-electron chi connectivity index (χ1n) is 5.07. The lowest BCUT2D eigenvalue weighted by atomic mass is 10.1. The fraction of sp³-hybridized carbons (Fsp3) is 0.545. The highest BCUT2D eigenvalue weighted by Gasteiger charge is 2.08. The first kappa shape index (κ1) is 12.1. The molecule has 15 heavy (non-hydrogen) atoms. The quantitative estimate of drug-likeness (QED) is 0.806. The second kappa shape index (κ2) is 5.21. The van der Waals surface area contributed by atoms with Crippen LogP contribution in [-0.2, 0) is 0 Å². The van der Waals surface area contributed by atoms with Crippen LogP contribution in [0.2, 0.25) is 5.15 Å². The molecule has 0 amide bonds. The van der Waals surface area contributed by atoms with Crippen LogP contribution in [-0.4, -0.2) is 11.1 Å². The molecule has 4 heteroatoms. The van der Waals surface area contributed by atoms with Gasteiger partial charge in [0.25, 0.3) is 0 Å². The van der Waals surface area contributed by atoms with E-state index >= 15 is 0 Å². The number of aromatic nitrogens is 1. The van der Waals surface area contributed by atoms with Crippen LogP contribution in [0.3, 0.4) is 0 Å². The number of halogens is 1. The molecule has 0 saturated heterocycles. The van der Waals surface area contributed by atoms with Gasteiger partial charge in [-0.15, -0.1) is 0 Å². The van der Waals surface area contributed by atoms with Crippen LogP contribution in [0, 0.1) is 5.92 Å². The normalized spacial score (nSPS) is 12.9. The Morgan fingerprint density at radius 1 is 1.40 bits per heavy atom. The average Bonchev–Trinajstić information content (AvgIpc) is 1.98. The van der Waals surface area contributed by atoms with E-state index in [4.69, 9.17) is 22.1 Å². The Morgan fingerprint density at radius 3 is 2.60 bits per heavy atom. The number of anilines is 1. The molecular weight excluding hydrogens is 212 g/mol. The van der Waals surface area contributed by atoms with Crippen molar-refractivity contribution in [3.63, 3.8) is 0 Å². The van der Waals surface area contributed by atoms with Gasteiger partial charge in [-0.25, -0.2) is 4.98 Å². The molecule has 2 N–H and O–H groups in total. The Labute approximate surface area is 95.6 Å². The SMILES string of the molecule is CC(C)CC(C)Oc1cc(N)cc(Cl)n1. The van der Waals surface area contributed by atoms with Crippen molar-refractivity contribution in [1.82, 2.24) is 4.98 Å². The van der Waals surface area contributed by atoms with Gasteiger partial charge in [0, 0.05) is 11.8 Å². The van der Waals surface area contributed by atoms with Crippen molar-refractivity contribution < 1.29 is 4.74 Å². The maximum atomic E-state index is 5.77. The molecule has 3 nitrogen and oxygen atoms in total. The highest BCUT2D eigenvalue weighted by Crippen LogP contribution is 2.20. The summed E-state index contributed by atoms with van der Waals surface area (Å²) in [5.74, 6) is 1.09. The lowest BCUT2D eigenvalue weighted by Crippen LogP contribution is -2.15. The topological polar surface area (TPSA) is 48.1 Å². The van der Waals surface area contributed by atoms with Gasteiger partial charge in [0.05, 0.1) is 6.10 Å². The van der Waals surface area contributed by atoms with E-state index in [-0.39, 0.29) is 6.10 Å². The molecule has 0 bridgehead atoms. The van der Waals surface area contributed by atoms with Crippen molar-refractivity contribution in [3.8, 4) is 5.88 Å². The summed E-state index contributed by atoms with van der Waals surface area (Å²) in [7, 11) is 0. The predicted octanol–water partition coefficient (Wildman–Crippen LogP) is 3.13. The second-order valence-electron chi connectivity index (χ2n) is 4.12. The molecule has 0 saturated carbocycles. The van der Waals surface area contributed by atoms with Crippen LogP contribution < -0.4 is 10.5 Å². The van der Waals surface area contributed by atoms with Gasteiger partial charge in [-0.2, -0.15) is 0 Å². The molecule has 1 unspecified atom stereocenters. The third-order valence-electron chi connectivity index (χ3n) is 1.92. The number of hydrogen-bond donors (Lipinski definition) is 1. The van der Waals surface area contributed by atoms with E-state index in [0.29, 0.717) is 22.6 Å². The van der Waals surface area contributed by atoms with Crippen molar-refractivity contribution in [3.05, 3.63) is 17.3 Å².